The highest BCUT2D eigenvalue weighted by Crippen LogP contribution is 2.22. The lowest BCUT2D eigenvalue weighted by molar-refractivity contribution is 0.587. The first-order chi connectivity index (χ1) is 7.45. The van der Waals surface area contributed by atoms with Crippen molar-refractivity contribution in [2.45, 2.75) is 46.0 Å². The van der Waals surface area contributed by atoms with Crippen molar-refractivity contribution in [3.05, 3.63) is 23.9 Å². The first-order valence-electron chi connectivity index (χ1n) is 6.13. The van der Waals surface area contributed by atoms with Crippen LogP contribution in [0.25, 0.3) is 0 Å². The molecule has 1 aromatic heterocycles. The van der Waals surface area contributed by atoms with Crippen molar-refractivity contribution in [1.82, 2.24) is 4.98 Å². The Hall–Kier alpha value is -1.05. The first kappa shape index (κ1) is 13.0. The lowest BCUT2D eigenvalue weighted by Crippen LogP contribution is -2.20. The van der Waals surface area contributed by atoms with Gasteiger partial charge in [-0.15, -0.1) is 0 Å². The summed E-state index contributed by atoms with van der Waals surface area (Å²) >= 11 is 0. The van der Waals surface area contributed by atoms with Gasteiger partial charge in [0.1, 0.15) is 5.82 Å². The van der Waals surface area contributed by atoms with Crippen LogP contribution in [-0.2, 0) is 5.41 Å². The van der Waals surface area contributed by atoms with Crippen molar-refractivity contribution in [3.8, 4) is 0 Å². The Bertz CT molecular complexity index is 309. The fraction of sp³-hybridized carbons (Fsp3) is 0.643. The quantitative estimate of drug-likeness (QED) is 0.770. The number of hydrogen-bond donors (Lipinski definition) is 0. The molecule has 0 saturated carbocycles. The van der Waals surface area contributed by atoms with Gasteiger partial charge in [0.05, 0.1) is 0 Å². The Morgan fingerprint density at radius 3 is 2.38 bits per heavy atom. The highest BCUT2D eigenvalue weighted by molar-refractivity contribution is 5.39. The van der Waals surface area contributed by atoms with Crippen LogP contribution in [-0.4, -0.2) is 18.6 Å². The molecule has 0 N–H and O–H groups in total. The standard InChI is InChI=1S/C14H24N2/c1-6-7-10-16(5)13-9-8-12(11-15-13)14(2,3)4/h8-9,11H,6-7,10H2,1-5H3. The summed E-state index contributed by atoms with van der Waals surface area (Å²) < 4.78 is 0. The molecule has 0 aromatic carbocycles. The fourth-order valence-corrected chi connectivity index (χ4v) is 1.57. The molecule has 0 spiro atoms. The summed E-state index contributed by atoms with van der Waals surface area (Å²) in [6.07, 6.45) is 4.45. The highest BCUT2D eigenvalue weighted by Gasteiger charge is 2.14. The highest BCUT2D eigenvalue weighted by atomic mass is 15.2. The summed E-state index contributed by atoms with van der Waals surface area (Å²) in [6, 6.07) is 4.31. The summed E-state index contributed by atoms with van der Waals surface area (Å²) in [6.45, 7) is 9.93. The van der Waals surface area contributed by atoms with Gasteiger partial charge in [0, 0.05) is 19.8 Å². The van der Waals surface area contributed by atoms with Crippen LogP contribution in [0.1, 0.15) is 46.1 Å². The Kier molecular flexibility index (Phi) is 4.34. The molecule has 0 aliphatic carbocycles. The Labute approximate surface area is 99.7 Å². The third-order valence-corrected chi connectivity index (χ3v) is 2.85. The molecule has 0 amide bonds. The van der Waals surface area contributed by atoms with Crippen LogP contribution in [0.2, 0.25) is 0 Å². The second kappa shape index (κ2) is 5.33. The van der Waals surface area contributed by atoms with E-state index in [1.807, 2.05) is 6.20 Å². The lowest BCUT2D eigenvalue weighted by Gasteiger charge is -2.21. The van der Waals surface area contributed by atoms with Gasteiger partial charge in [0.15, 0.2) is 0 Å². The minimum absolute atomic E-state index is 0.188. The molecule has 2 heteroatoms. The molecule has 90 valence electrons. The molecule has 0 radical (unpaired) electrons. The first-order valence-corrected chi connectivity index (χ1v) is 6.13. The molecule has 0 aliphatic rings. The molecule has 0 unspecified atom stereocenters. The van der Waals surface area contributed by atoms with Gasteiger partial charge in [0.25, 0.3) is 0 Å². The van der Waals surface area contributed by atoms with E-state index in [2.05, 4.69) is 56.8 Å². The van der Waals surface area contributed by atoms with Crippen LogP contribution >= 0.6 is 0 Å². The number of aromatic nitrogens is 1. The zero-order valence-electron chi connectivity index (χ0n) is 11.2. The van der Waals surface area contributed by atoms with Crippen LogP contribution in [0.5, 0.6) is 0 Å². The molecular weight excluding hydrogens is 196 g/mol. The lowest BCUT2D eigenvalue weighted by atomic mass is 9.88. The number of pyridine rings is 1. The minimum atomic E-state index is 0.188. The number of hydrogen-bond acceptors (Lipinski definition) is 2. The summed E-state index contributed by atoms with van der Waals surface area (Å²) in [7, 11) is 2.11. The van der Waals surface area contributed by atoms with Crippen molar-refractivity contribution in [3.63, 3.8) is 0 Å². The predicted molar refractivity (Wildman–Crippen MR) is 71.1 cm³/mol. The monoisotopic (exact) mass is 220 g/mol. The number of anilines is 1. The third-order valence-electron chi connectivity index (χ3n) is 2.85. The number of unbranched alkanes of at least 4 members (excludes halogenated alkanes) is 1. The van der Waals surface area contributed by atoms with E-state index in [1.165, 1.54) is 18.4 Å². The van der Waals surface area contributed by atoms with Crippen molar-refractivity contribution in [2.24, 2.45) is 0 Å². The minimum Gasteiger partial charge on any atom is -0.360 e. The van der Waals surface area contributed by atoms with Gasteiger partial charge in [-0.05, 0) is 23.5 Å². The second-order valence-corrected chi connectivity index (χ2v) is 5.43. The van der Waals surface area contributed by atoms with Gasteiger partial charge >= 0.3 is 0 Å². The normalized spacial score (nSPS) is 11.6. The maximum Gasteiger partial charge on any atom is 0.128 e. The van der Waals surface area contributed by atoms with E-state index in [0.29, 0.717) is 0 Å². The summed E-state index contributed by atoms with van der Waals surface area (Å²) in [5.74, 6) is 1.07. The zero-order chi connectivity index (χ0) is 12.2. The molecule has 0 fully saturated rings. The summed E-state index contributed by atoms with van der Waals surface area (Å²) in [5, 5.41) is 0. The summed E-state index contributed by atoms with van der Waals surface area (Å²) in [5.41, 5.74) is 1.48. The van der Waals surface area contributed by atoms with Gasteiger partial charge in [-0.1, -0.05) is 40.2 Å². The zero-order valence-corrected chi connectivity index (χ0v) is 11.2. The SMILES string of the molecule is CCCCN(C)c1ccc(C(C)(C)C)cn1. The second-order valence-electron chi connectivity index (χ2n) is 5.43. The molecule has 16 heavy (non-hydrogen) atoms. The number of nitrogens with zero attached hydrogens (tertiary/aromatic N) is 2. The molecule has 1 rings (SSSR count). The van der Waals surface area contributed by atoms with E-state index in [4.69, 9.17) is 0 Å². The van der Waals surface area contributed by atoms with E-state index >= 15 is 0 Å². The van der Waals surface area contributed by atoms with Crippen molar-refractivity contribution >= 4 is 5.82 Å². The fourth-order valence-electron chi connectivity index (χ4n) is 1.57. The maximum atomic E-state index is 4.52. The van der Waals surface area contributed by atoms with Crippen LogP contribution in [0.3, 0.4) is 0 Å². The van der Waals surface area contributed by atoms with Crippen molar-refractivity contribution in [1.29, 1.82) is 0 Å². The molecule has 0 aliphatic heterocycles. The van der Waals surface area contributed by atoms with Gasteiger partial charge in [-0.3, -0.25) is 0 Å². The smallest absolute Gasteiger partial charge is 0.128 e. The van der Waals surface area contributed by atoms with Crippen LogP contribution in [0, 0.1) is 0 Å². The van der Waals surface area contributed by atoms with Crippen molar-refractivity contribution in [2.75, 3.05) is 18.5 Å². The Balaban J connectivity index is 2.71. The molecule has 2 nitrogen and oxygen atoms in total. The Morgan fingerprint density at radius 2 is 1.94 bits per heavy atom. The topological polar surface area (TPSA) is 16.1 Å². The molecule has 0 saturated heterocycles. The average molecular weight is 220 g/mol. The van der Waals surface area contributed by atoms with E-state index in [0.717, 1.165) is 12.4 Å². The van der Waals surface area contributed by atoms with Gasteiger partial charge in [-0.25, -0.2) is 4.98 Å². The maximum absolute atomic E-state index is 4.52. The molecule has 1 aromatic rings. The van der Waals surface area contributed by atoms with Crippen molar-refractivity contribution < 1.29 is 0 Å². The van der Waals surface area contributed by atoms with Gasteiger partial charge in [0.2, 0.25) is 0 Å². The third kappa shape index (κ3) is 3.51. The molecule has 0 bridgehead atoms. The predicted octanol–water partition coefficient (Wildman–Crippen LogP) is 3.62. The van der Waals surface area contributed by atoms with Gasteiger partial charge in [-0.2, -0.15) is 0 Å². The van der Waals surface area contributed by atoms with E-state index in [1.54, 1.807) is 0 Å². The summed E-state index contributed by atoms with van der Waals surface area (Å²) in [4.78, 5) is 6.74. The number of rotatable bonds is 4. The average Bonchev–Trinajstić information content (AvgIpc) is 2.25. The molecule has 0 atom stereocenters. The van der Waals surface area contributed by atoms with Crippen LogP contribution in [0.15, 0.2) is 18.3 Å². The van der Waals surface area contributed by atoms with Crippen LogP contribution in [0.4, 0.5) is 5.82 Å². The van der Waals surface area contributed by atoms with E-state index in [9.17, 15) is 0 Å². The Morgan fingerprint density at radius 1 is 1.25 bits per heavy atom. The molecule has 1 heterocycles. The van der Waals surface area contributed by atoms with E-state index < -0.39 is 0 Å². The van der Waals surface area contributed by atoms with Gasteiger partial charge < -0.3 is 4.90 Å². The molecular formula is C14H24N2. The van der Waals surface area contributed by atoms with Crippen LogP contribution < -0.4 is 4.90 Å². The largest absolute Gasteiger partial charge is 0.360 e. The van der Waals surface area contributed by atoms with E-state index in [-0.39, 0.29) is 5.41 Å².